The number of benzene rings is 2. The Balaban J connectivity index is 1.74. The number of anilines is 1. The fourth-order valence-corrected chi connectivity index (χ4v) is 3.91. The topological polar surface area (TPSA) is 71.0 Å². The molecule has 0 saturated carbocycles. The van der Waals surface area contributed by atoms with Crippen LogP contribution in [0.4, 0.5) is 11.4 Å². The maximum Gasteiger partial charge on any atom is 0.238 e. The van der Waals surface area contributed by atoms with E-state index in [0.717, 1.165) is 10.2 Å². The Hall–Kier alpha value is -2.32. The van der Waals surface area contributed by atoms with Crippen LogP contribution in [-0.2, 0) is 9.59 Å². The summed E-state index contributed by atoms with van der Waals surface area (Å²) in [6.45, 7) is 2.45. The fourth-order valence-electron chi connectivity index (χ4n) is 2.58. The number of rotatable bonds is 5. The molecule has 6 nitrogen and oxygen atoms in total. The van der Waals surface area contributed by atoms with Crippen molar-refractivity contribution in [2.24, 2.45) is 4.99 Å². The third kappa shape index (κ3) is 5.14. The number of thioether (sulfide) groups is 1. The second-order valence-electron chi connectivity index (χ2n) is 6.08. The molecule has 3 rings (SSSR count). The molecular formula is C20H20BrN3O3S. The molecule has 1 heterocycles. The summed E-state index contributed by atoms with van der Waals surface area (Å²) in [7, 11) is 1.67. The Morgan fingerprint density at radius 2 is 2.07 bits per heavy atom. The summed E-state index contributed by atoms with van der Waals surface area (Å²) >= 11 is 4.67. The van der Waals surface area contributed by atoms with Gasteiger partial charge in [0.1, 0.15) is 11.0 Å². The zero-order chi connectivity index (χ0) is 20.1. The first-order chi connectivity index (χ1) is 13.5. The average Bonchev–Trinajstić information content (AvgIpc) is 2.67. The van der Waals surface area contributed by atoms with Crippen LogP contribution in [0, 0.1) is 0 Å². The molecule has 0 spiro atoms. The lowest BCUT2D eigenvalue weighted by molar-refractivity contribution is -0.128. The minimum Gasteiger partial charge on any atom is -0.494 e. The maximum atomic E-state index is 12.7. The van der Waals surface area contributed by atoms with Gasteiger partial charge >= 0.3 is 0 Å². The highest BCUT2D eigenvalue weighted by Gasteiger charge is 2.34. The molecule has 0 radical (unpaired) electrons. The molecule has 2 aromatic carbocycles. The first kappa shape index (κ1) is 20.4. The van der Waals surface area contributed by atoms with Crippen LogP contribution in [0.25, 0.3) is 0 Å². The molecule has 0 aromatic heterocycles. The van der Waals surface area contributed by atoms with Gasteiger partial charge in [-0.3, -0.25) is 14.5 Å². The van der Waals surface area contributed by atoms with Crippen molar-refractivity contribution >= 4 is 56.0 Å². The van der Waals surface area contributed by atoms with E-state index >= 15 is 0 Å². The number of amides is 2. The Labute approximate surface area is 176 Å². The van der Waals surface area contributed by atoms with E-state index in [-0.39, 0.29) is 18.2 Å². The quantitative estimate of drug-likeness (QED) is 0.714. The zero-order valence-electron chi connectivity index (χ0n) is 15.5. The molecule has 28 heavy (non-hydrogen) atoms. The molecular weight excluding hydrogens is 442 g/mol. The van der Waals surface area contributed by atoms with Crippen molar-refractivity contribution in [3.8, 4) is 5.75 Å². The zero-order valence-corrected chi connectivity index (χ0v) is 17.9. The van der Waals surface area contributed by atoms with Crippen molar-refractivity contribution in [3.63, 3.8) is 0 Å². The third-order valence-corrected chi connectivity index (χ3v) is 5.79. The summed E-state index contributed by atoms with van der Waals surface area (Å²) in [4.78, 5) is 31.1. The van der Waals surface area contributed by atoms with Crippen LogP contribution in [0.2, 0.25) is 0 Å². The number of amidine groups is 1. The first-order valence-corrected chi connectivity index (χ1v) is 10.4. The average molecular weight is 462 g/mol. The SMILES string of the molecule is CCOc1cccc(NC(=O)C2CC(=O)N(C)C(=Nc3ccc(Br)cc3)S2)c1. The predicted octanol–water partition coefficient (Wildman–Crippen LogP) is 4.44. The minimum atomic E-state index is -0.548. The number of hydrogen-bond acceptors (Lipinski definition) is 5. The van der Waals surface area contributed by atoms with Crippen LogP contribution in [0.1, 0.15) is 13.3 Å². The van der Waals surface area contributed by atoms with Crippen molar-refractivity contribution in [1.29, 1.82) is 0 Å². The van der Waals surface area contributed by atoms with Crippen molar-refractivity contribution in [3.05, 3.63) is 53.0 Å². The molecule has 1 aliphatic rings. The third-order valence-electron chi connectivity index (χ3n) is 4.03. The van der Waals surface area contributed by atoms with E-state index in [4.69, 9.17) is 4.74 Å². The summed E-state index contributed by atoms with van der Waals surface area (Å²) in [6.07, 6.45) is 0.123. The van der Waals surface area contributed by atoms with Gasteiger partial charge in [0.05, 0.1) is 12.3 Å². The Morgan fingerprint density at radius 1 is 1.32 bits per heavy atom. The number of nitrogens with one attached hydrogen (secondary N) is 1. The Bertz CT molecular complexity index is 902. The molecule has 1 atom stereocenters. The number of nitrogens with zero attached hydrogens (tertiary/aromatic N) is 2. The van der Waals surface area contributed by atoms with Gasteiger partial charge in [0.2, 0.25) is 11.8 Å². The van der Waals surface area contributed by atoms with Gasteiger partial charge in [0.15, 0.2) is 5.17 Å². The van der Waals surface area contributed by atoms with Crippen molar-refractivity contribution in [2.75, 3.05) is 19.0 Å². The summed E-state index contributed by atoms with van der Waals surface area (Å²) < 4.78 is 6.40. The molecule has 1 saturated heterocycles. The van der Waals surface area contributed by atoms with Gasteiger partial charge in [-0.15, -0.1) is 0 Å². The van der Waals surface area contributed by atoms with Crippen LogP contribution >= 0.6 is 27.7 Å². The lowest BCUT2D eigenvalue weighted by Crippen LogP contribution is -2.43. The van der Waals surface area contributed by atoms with Crippen LogP contribution < -0.4 is 10.1 Å². The molecule has 1 unspecified atom stereocenters. The van der Waals surface area contributed by atoms with E-state index < -0.39 is 5.25 Å². The van der Waals surface area contributed by atoms with Gasteiger partial charge in [-0.2, -0.15) is 0 Å². The van der Waals surface area contributed by atoms with E-state index in [1.165, 1.54) is 16.7 Å². The van der Waals surface area contributed by atoms with Gasteiger partial charge in [-0.05, 0) is 43.3 Å². The van der Waals surface area contributed by atoms with Crippen LogP contribution in [-0.4, -0.2) is 40.8 Å². The monoisotopic (exact) mass is 461 g/mol. The van der Waals surface area contributed by atoms with Crippen LogP contribution in [0.15, 0.2) is 58.0 Å². The molecule has 1 fully saturated rings. The maximum absolute atomic E-state index is 12.7. The van der Waals surface area contributed by atoms with Gasteiger partial charge in [0, 0.05) is 29.7 Å². The second kappa shape index (κ2) is 9.25. The molecule has 8 heteroatoms. The Kier molecular flexibility index (Phi) is 6.74. The molecule has 1 aliphatic heterocycles. The van der Waals surface area contributed by atoms with Gasteiger partial charge in [-0.1, -0.05) is 33.8 Å². The van der Waals surface area contributed by atoms with Crippen LogP contribution in [0.3, 0.4) is 0 Å². The Morgan fingerprint density at radius 3 is 2.79 bits per heavy atom. The van der Waals surface area contributed by atoms with Gasteiger partial charge in [0.25, 0.3) is 0 Å². The summed E-state index contributed by atoms with van der Waals surface area (Å²) in [6, 6.07) is 14.6. The standard InChI is InChI=1S/C20H20BrN3O3S/c1-3-27-16-6-4-5-15(11-16)22-19(26)17-12-18(25)24(2)20(28-17)23-14-9-7-13(21)8-10-14/h4-11,17H,3,12H2,1-2H3,(H,22,26). The number of ether oxygens (including phenoxy) is 1. The number of aliphatic imine (C=N–C) groups is 1. The van der Waals surface area contributed by atoms with Gasteiger partial charge in [-0.25, -0.2) is 4.99 Å². The summed E-state index contributed by atoms with van der Waals surface area (Å²) in [5.41, 5.74) is 1.35. The molecule has 146 valence electrons. The highest BCUT2D eigenvalue weighted by Crippen LogP contribution is 2.29. The van der Waals surface area contributed by atoms with E-state index in [2.05, 4.69) is 26.2 Å². The predicted molar refractivity (Wildman–Crippen MR) is 116 cm³/mol. The number of halogens is 1. The normalized spacial score (nSPS) is 18.2. The molecule has 2 aromatic rings. The lowest BCUT2D eigenvalue weighted by atomic mass is 10.2. The van der Waals surface area contributed by atoms with E-state index in [1.807, 2.05) is 43.3 Å². The number of hydrogen-bond donors (Lipinski definition) is 1. The highest BCUT2D eigenvalue weighted by atomic mass is 79.9. The summed E-state index contributed by atoms with van der Waals surface area (Å²) in [5.74, 6) is 0.311. The highest BCUT2D eigenvalue weighted by molar-refractivity contribution is 9.10. The number of carbonyl (C=O) groups excluding carboxylic acids is 2. The van der Waals surface area contributed by atoms with Crippen LogP contribution in [0.5, 0.6) is 5.75 Å². The molecule has 0 bridgehead atoms. The van der Waals surface area contributed by atoms with Gasteiger partial charge < -0.3 is 10.1 Å². The smallest absolute Gasteiger partial charge is 0.238 e. The van der Waals surface area contributed by atoms with Crippen molar-refractivity contribution < 1.29 is 14.3 Å². The van der Waals surface area contributed by atoms with E-state index in [0.29, 0.717) is 23.2 Å². The fraction of sp³-hybridized carbons (Fsp3) is 0.250. The molecule has 0 aliphatic carbocycles. The molecule has 2 amide bonds. The molecule has 1 N–H and O–H groups in total. The van der Waals surface area contributed by atoms with E-state index in [9.17, 15) is 9.59 Å². The van der Waals surface area contributed by atoms with Crippen molar-refractivity contribution in [2.45, 2.75) is 18.6 Å². The largest absolute Gasteiger partial charge is 0.494 e. The number of carbonyl (C=O) groups is 2. The first-order valence-electron chi connectivity index (χ1n) is 8.77. The second-order valence-corrected chi connectivity index (χ2v) is 8.17. The van der Waals surface area contributed by atoms with Crippen molar-refractivity contribution in [1.82, 2.24) is 4.90 Å². The van der Waals surface area contributed by atoms with E-state index in [1.54, 1.807) is 19.2 Å². The lowest BCUT2D eigenvalue weighted by Gasteiger charge is -2.28. The minimum absolute atomic E-state index is 0.123. The summed E-state index contributed by atoms with van der Waals surface area (Å²) in [5, 5.41) is 2.82.